The molecule has 19 aromatic rings. The molecule has 0 bridgehead atoms. The van der Waals surface area contributed by atoms with Crippen molar-refractivity contribution in [1.29, 1.82) is 5.26 Å². The molecule has 0 aromatic heterocycles. The van der Waals surface area contributed by atoms with Crippen molar-refractivity contribution in [3.8, 4) is 50.6 Å². The van der Waals surface area contributed by atoms with Crippen LogP contribution in [0.2, 0.25) is 0 Å². The van der Waals surface area contributed by atoms with Gasteiger partial charge < -0.3 is 19.6 Å². The summed E-state index contributed by atoms with van der Waals surface area (Å²) in [4.78, 5) is 12.6. The number of nitrogens with zero attached hydrogens (tertiary/aromatic N) is 6. The van der Waals surface area contributed by atoms with E-state index in [2.05, 4.69) is 223 Å². The molecule has 542 valence electrons. The number of hydrogen-bond donors (Lipinski definition) is 0. The summed E-state index contributed by atoms with van der Waals surface area (Å²) in [5.74, 6) is -0.671. The van der Waals surface area contributed by atoms with Crippen LogP contribution in [0.1, 0.15) is 36.1 Å². The number of para-hydroxylation sites is 1. The Balaban J connectivity index is 0.000000165. The number of rotatable bonds is 14. The fourth-order valence-corrected chi connectivity index (χ4v) is 17.5. The van der Waals surface area contributed by atoms with Crippen LogP contribution in [0.25, 0.3) is 114 Å². The largest absolute Gasteiger partial charge is 0.340 e. The van der Waals surface area contributed by atoms with Gasteiger partial charge in [0.25, 0.3) is 0 Å². The Kier molecular flexibility index (Phi) is 17.5. The highest BCUT2D eigenvalue weighted by Gasteiger charge is 2.37. The van der Waals surface area contributed by atoms with Crippen molar-refractivity contribution < 1.29 is 8.78 Å². The van der Waals surface area contributed by atoms with Gasteiger partial charge in [-0.2, -0.15) is 5.26 Å². The molecule has 0 fully saturated rings. The molecule has 19 aromatic carbocycles. The van der Waals surface area contributed by atoms with E-state index in [0.717, 1.165) is 123 Å². The van der Waals surface area contributed by atoms with E-state index in [1.54, 1.807) is 12.1 Å². The first kappa shape index (κ1) is 69.7. The SMILES string of the molecule is Fc1cc(-c2ccccc2)ccc1N(c1ccc(-c2ccccc2)cc1)c1ccc2ccc3c(N(c4ccccc4)c4c(F)cc(-c5ccccc5)cc4-c4ccccc4)ccc4ccc1c2c43.[C-]#[N+]c1ccc2c(c1)C(C)(C)CN2c1ccc2ccc3c(N(c4ccc(C#N)cc4)c4cc(C)cc(C)c4)ccc4ccc1c2c43. The van der Waals surface area contributed by atoms with E-state index in [4.69, 9.17) is 6.57 Å². The maximum absolute atomic E-state index is 17.6. The van der Waals surface area contributed by atoms with Crippen molar-refractivity contribution in [2.24, 2.45) is 0 Å². The van der Waals surface area contributed by atoms with E-state index in [0.29, 0.717) is 22.6 Å². The van der Waals surface area contributed by atoms with Gasteiger partial charge in [-0.1, -0.05) is 263 Å². The quantitative estimate of drug-likeness (QED) is 0.0802. The van der Waals surface area contributed by atoms with Crippen LogP contribution in [0.3, 0.4) is 0 Å². The smallest absolute Gasteiger partial charge is 0.187 e. The van der Waals surface area contributed by atoms with Gasteiger partial charge in [-0.05, 0) is 228 Å². The zero-order chi connectivity index (χ0) is 77.3. The predicted octanol–water partition coefficient (Wildman–Crippen LogP) is 30.0. The minimum atomic E-state index is -0.337. The predicted molar refractivity (Wildman–Crippen MR) is 473 cm³/mol. The summed E-state index contributed by atoms with van der Waals surface area (Å²) < 4.78 is 34.6. The van der Waals surface area contributed by atoms with Gasteiger partial charge in [0.2, 0.25) is 0 Å². The van der Waals surface area contributed by atoms with Gasteiger partial charge in [0, 0.05) is 73.2 Å². The molecule has 1 aliphatic heterocycles. The molecule has 1 heterocycles. The van der Waals surface area contributed by atoms with Gasteiger partial charge in [-0.25, -0.2) is 13.6 Å². The number of hydrogen-bond acceptors (Lipinski definition) is 5. The maximum Gasteiger partial charge on any atom is 0.187 e. The average molecular weight is 1470 g/mol. The van der Waals surface area contributed by atoms with Crippen molar-refractivity contribution in [2.45, 2.75) is 33.1 Å². The summed E-state index contributed by atoms with van der Waals surface area (Å²) in [7, 11) is 0. The van der Waals surface area contributed by atoms with Crippen molar-refractivity contribution in [3.63, 3.8) is 0 Å². The van der Waals surface area contributed by atoms with Crippen molar-refractivity contribution in [2.75, 3.05) is 26.1 Å². The van der Waals surface area contributed by atoms with Crippen LogP contribution in [0.4, 0.5) is 77.0 Å². The minimum Gasteiger partial charge on any atom is -0.340 e. The Morgan fingerprint density at radius 1 is 0.351 bits per heavy atom. The van der Waals surface area contributed by atoms with E-state index in [1.165, 1.54) is 60.4 Å². The van der Waals surface area contributed by atoms with Gasteiger partial charge in [-0.3, -0.25) is 0 Å². The molecule has 0 radical (unpaired) electrons. The number of anilines is 11. The lowest BCUT2D eigenvalue weighted by atomic mass is 9.87. The van der Waals surface area contributed by atoms with E-state index in [9.17, 15) is 5.26 Å². The van der Waals surface area contributed by atoms with E-state index >= 15 is 8.78 Å². The third-order valence-electron chi connectivity index (χ3n) is 22.7. The third-order valence-corrected chi connectivity index (χ3v) is 22.7. The van der Waals surface area contributed by atoms with Crippen LogP contribution in [-0.4, -0.2) is 6.54 Å². The highest BCUT2D eigenvalue weighted by atomic mass is 19.1. The summed E-state index contributed by atoms with van der Waals surface area (Å²) in [6.45, 7) is 17.2. The van der Waals surface area contributed by atoms with Crippen molar-refractivity contribution in [1.82, 2.24) is 0 Å². The zero-order valence-corrected chi connectivity index (χ0v) is 63.3. The van der Waals surface area contributed by atoms with Crippen LogP contribution in [0.15, 0.2) is 364 Å². The van der Waals surface area contributed by atoms with Gasteiger partial charge in [0.05, 0.1) is 46.6 Å². The minimum absolute atomic E-state index is 0.0826. The third kappa shape index (κ3) is 12.4. The number of benzene rings is 19. The second kappa shape index (κ2) is 28.6. The second-order valence-corrected chi connectivity index (χ2v) is 30.3. The Morgan fingerprint density at radius 3 is 1.31 bits per heavy atom. The molecule has 0 saturated carbocycles. The standard InChI is InChI=1S/C64H42F2N2.C42H32N4/c65-57-41-50(44-18-8-2-9-19-44)32-39-61(57)67(53-33-26-46(27-34-53)43-16-6-1-7-17-43)59-37-30-48-29-36-55-60(38-31-49-28-35-54(59)62(48)63(49)55)68(52-24-14-5-15-25-52)64-56(47-22-12-4-13-23-47)40-51(42-58(64)66)45-20-10-3-11-21-45;1-26-20-27(2)22-33(21-26)46(32-13-6-28(24-43)7-14-32)38-18-11-30-8-15-34-37(17-10-29-9-16-35(38)41(30)40(29)34)45-25-42(3,4)36-23-31(44-5)12-19-39(36)45/h1-42H;6-23H,25H2,1-4H3. The number of aryl methyl sites for hydroxylation is 2. The van der Waals surface area contributed by atoms with Gasteiger partial charge in [0.1, 0.15) is 11.6 Å². The second-order valence-electron chi connectivity index (χ2n) is 30.3. The molecule has 20 rings (SSSR count). The Hall–Kier alpha value is -14.7. The molecular weight excluding hydrogens is 1400 g/mol. The first-order valence-electron chi connectivity index (χ1n) is 38.5. The monoisotopic (exact) mass is 1470 g/mol. The lowest BCUT2D eigenvalue weighted by Gasteiger charge is -2.31. The Bertz CT molecular complexity index is 6960. The molecule has 0 amide bonds. The van der Waals surface area contributed by atoms with E-state index in [-0.39, 0.29) is 17.0 Å². The van der Waals surface area contributed by atoms with Crippen molar-refractivity contribution in [3.05, 3.63) is 409 Å². The highest BCUT2D eigenvalue weighted by molar-refractivity contribution is 6.30. The topological polar surface area (TPSA) is 41.1 Å². The first-order valence-corrected chi connectivity index (χ1v) is 38.5. The number of fused-ring (bicyclic) bond motifs is 1. The summed E-state index contributed by atoms with van der Waals surface area (Å²) in [6, 6.07) is 126. The molecule has 6 nitrogen and oxygen atoms in total. The fourth-order valence-electron chi connectivity index (χ4n) is 17.5. The molecule has 114 heavy (non-hydrogen) atoms. The molecule has 1 aliphatic rings. The summed E-state index contributed by atoms with van der Waals surface area (Å²) >= 11 is 0. The van der Waals surface area contributed by atoms with Crippen LogP contribution in [0.5, 0.6) is 0 Å². The van der Waals surface area contributed by atoms with E-state index < -0.39 is 0 Å². The first-order chi connectivity index (χ1) is 55.8. The van der Waals surface area contributed by atoms with Gasteiger partial charge in [0.15, 0.2) is 5.69 Å². The molecular formula is C106H74F2N6. The van der Waals surface area contributed by atoms with Crippen molar-refractivity contribution >= 4 is 133 Å². The molecule has 0 spiro atoms. The average Bonchev–Trinajstić information content (AvgIpc) is 0.921. The zero-order valence-electron chi connectivity index (χ0n) is 63.3. The summed E-state index contributed by atoms with van der Waals surface area (Å²) in [5.41, 5.74) is 22.0. The lowest BCUT2D eigenvalue weighted by Crippen LogP contribution is -2.25. The lowest BCUT2D eigenvalue weighted by molar-refractivity contribution is 0.569. The summed E-state index contributed by atoms with van der Waals surface area (Å²) in [5, 5.41) is 23.0. The maximum atomic E-state index is 17.6. The Labute approximate surface area is 661 Å². The van der Waals surface area contributed by atoms with E-state index in [1.807, 2.05) is 187 Å². The highest BCUT2D eigenvalue weighted by Crippen LogP contribution is 2.54. The van der Waals surface area contributed by atoms with Crippen LogP contribution in [-0.2, 0) is 5.41 Å². The molecule has 0 saturated heterocycles. The van der Waals surface area contributed by atoms with Crippen LogP contribution in [0, 0.1) is 43.4 Å². The van der Waals surface area contributed by atoms with Crippen LogP contribution < -0.4 is 19.6 Å². The number of halogens is 2. The molecule has 0 N–H and O–H groups in total. The molecule has 0 unspecified atom stereocenters. The normalized spacial score (nSPS) is 12.3. The Morgan fingerprint density at radius 2 is 0.763 bits per heavy atom. The molecule has 8 heteroatoms. The van der Waals surface area contributed by atoms with Gasteiger partial charge >= 0.3 is 0 Å². The van der Waals surface area contributed by atoms with Gasteiger partial charge in [-0.15, -0.1) is 0 Å². The fraction of sp³-hybridized carbons (Fsp3) is 0.0566. The number of nitriles is 1. The van der Waals surface area contributed by atoms with Crippen LogP contribution >= 0.6 is 0 Å². The molecule has 0 aliphatic carbocycles. The molecule has 0 atom stereocenters. The summed E-state index contributed by atoms with van der Waals surface area (Å²) in [6.07, 6.45) is 0.